The minimum absolute atomic E-state index is 0.229. The van der Waals surface area contributed by atoms with Gasteiger partial charge in [0.2, 0.25) is 0 Å². The number of nitrogens with two attached hydrogens (primary N) is 1. The van der Waals surface area contributed by atoms with Crippen LogP contribution >= 0.6 is 0 Å². The van der Waals surface area contributed by atoms with E-state index in [2.05, 4.69) is 31.1 Å². The van der Waals surface area contributed by atoms with Gasteiger partial charge in [-0.2, -0.15) is 0 Å². The minimum atomic E-state index is -4.86. The number of halogens is 3. The van der Waals surface area contributed by atoms with Crippen molar-refractivity contribution in [3.63, 3.8) is 0 Å². The van der Waals surface area contributed by atoms with E-state index in [0.717, 1.165) is 0 Å². The lowest BCUT2D eigenvalue weighted by Gasteiger charge is -2.17. The Morgan fingerprint density at radius 2 is 1.79 bits per heavy atom. The van der Waals surface area contributed by atoms with Gasteiger partial charge in [-0.3, -0.25) is 0 Å². The molecule has 0 bridgehead atoms. The first kappa shape index (κ1) is 15.7. The molecule has 0 radical (unpaired) electrons. The van der Waals surface area contributed by atoms with Crippen molar-refractivity contribution in [1.82, 2.24) is 0 Å². The Balaban J connectivity index is 3.24. The first-order valence-corrected chi connectivity index (χ1v) is 9.61. The molecule has 19 heavy (non-hydrogen) atoms. The van der Waals surface area contributed by atoms with E-state index in [1.807, 2.05) is 0 Å². The molecule has 0 spiro atoms. The van der Waals surface area contributed by atoms with Crippen molar-refractivity contribution in [3.05, 3.63) is 28.8 Å². The first-order chi connectivity index (χ1) is 8.48. The van der Waals surface area contributed by atoms with Gasteiger partial charge in [-0.25, -0.2) is 0 Å². The summed E-state index contributed by atoms with van der Waals surface area (Å²) in [6, 6.07) is 3.04. The van der Waals surface area contributed by atoms with Crippen molar-refractivity contribution in [2.24, 2.45) is 0 Å². The van der Waals surface area contributed by atoms with Crippen LogP contribution in [0.2, 0.25) is 19.6 Å². The fourth-order valence-electron chi connectivity index (χ4n) is 1.65. The van der Waals surface area contributed by atoms with Gasteiger partial charge in [0.1, 0.15) is 8.07 Å². The van der Waals surface area contributed by atoms with Crippen LogP contribution in [-0.2, 0) is 6.32 Å². The van der Waals surface area contributed by atoms with Gasteiger partial charge >= 0.3 is 6.98 Å². The summed E-state index contributed by atoms with van der Waals surface area (Å²) in [7, 11) is -1.56. The van der Waals surface area contributed by atoms with Gasteiger partial charge < -0.3 is 18.7 Å². The molecule has 6 heteroatoms. The molecule has 0 amide bonds. The molecule has 1 aromatic rings. The highest BCUT2D eigenvalue weighted by molar-refractivity contribution is 6.83. The Morgan fingerprint density at radius 1 is 1.21 bits per heavy atom. The van der Waals surface area contributed by atoms with Gasteiger partial charge in [-0.15, -0.1) is 5.54 Å². The summed E-state index contributed by atoms with van der Waals surface area (Å²) in [6.07, 6.45) is -0.904. The number of hydrogen-bond donors (Lipinski definition) is 1. The lowest BCUT2D eigenvalue weighted by Crippen LogP contribution is -2.20. The molecule has 1 rings (SSSR count). The first-order valence-electron chi connectivity index (χ1n) is 6.11. The van der Waals surface area contributed by atoms with Gasteiger partial charge in [0.05, 0.1) is 0 Å². The van der Waals surface area contributed by atoms with Crippen LogP contribution < -0.4 is 5.73 Å². The van der Waals surface area contributed by atoms with E-state index >= 15 is 0 Å². The molecule has 0 aliphatic carbocycles. The summed E-state index contributed by atoms with van der Waals surface area (Å²) in [5.74, 6) is 2.99. The molecule has 0 heterocycles. The van der Waals surface area contributed by atoms with Crippen LogP contribution in [0.3, 0.4) is 0 Å². The number of benzene rings is 1. The zero-order valence-electron chi connectivity index (χ0n) is 11.7. The van der Waals surface area contributed by atoms with Gasteiger partial charge in [0, 0.05) is 11.3 Å². The molecule has 0 aliphatic heterocycles. The normalized spacial score (nSPS) is 11.9. The molecule has 1 nitrogen and oxygen atoms in total. The molecule has 0 atom stereocenters. The van der Waals surface area contributed by atoms with Crippen LogP contribution in [0.1, 0.15) is 16.7 Å². The predicted molar refractivity (Wildman–Crippen MR) is 78.6 cm³/mol. The second-order valence-corrected chi connectivity index (χ2v) is 10.5. The third-order valence-corrected chi connectivity index (χ3v) is 3.44. The summed E-state index contributed by atoms with van der Waals surface area (Å²) in [4.78, 5) is 0. The number of hydrogen-bond acceptors (Lipinski definition) is 1. The van der Waals surface area contributed by atoms with Gasteiger partial charge in [-0.05, 0) is 24.6 Å². The van der Waals surface area contributed by atoms with Crippen LogP contribution in [0.15, 0.2) is 12.1 Å². The lowest BCUT2D eigenvalue weighted by atomic mass is 9.79. The fraction of sp³-hybridized carbons (Fsp3) is 0.385. The molecule has 0 saturated carbocycles. The summed E-state index contributed by atoms with van der Waals surface area (Å²) >= 11 is 0. The molecule has 0 aliphatic rings. The highest BCUT2D eigenvalue weighted by atomic mass is 28.3. The van der Waals surface area contributed by atoms with Crippen molar-refractivity contribution in [3.8, 4) is 11.5 Å². The third kappa shape index (κ3) is 5.43. The lowest BCUT2D eigenvalue weighted by molar-refractivity contribution is 0.468. The van der Waals surface area contributed by atoms with E-state index in [1.54, 1.807) is 13.0 Å². The van der Waals surface area contributed by atoms with E-state index in [4.69, 9.17) is 5.73 Å². The monoisotopic (exact) mass is 284 g/mol. The molecule has 2 N–H and O–H groups in total. The van der Waals surface area contributed by atoms with Gasteiger partial charge in [-0.1, -0.05) is 37.4 Å². The van der Waals surface area contributed by atoms with Crippen LogP contribution in [0, 0.1) is 18.4 Å². The Bertz CT molecular complexity index is 536. The van der Waals surface area contributed by atoms with Crippen molar-refractivity contribution in [2.45, 2.75) is 32.9 Å². The second kappa shape index (κ2) is 5.34. The maximum absolute atomic E-state index is 12.6. The van der Waals surface area contributed by atoms with Crippen molar-refractivity contribution < 1.29 is 12.9 Å². The van der Waals surface area contributed by atoms with Crippen LogP contribution in [-0.4, -0.2) is 15.1 Å². The number of anilines is 1. The van der Waals surface area contributed by atoms with E-state index in [9.17, 15) is 12.9 Å². The van der Waals surface area contributed by atoms with E-state index in [1.165, 1.54) is 6.07 Å². The SMILES string of the molecule is Cc1c(C#C[Si](C)(C)C)cc(N)cc1C[B-](F)(F)F. The molecule has 0 aromatic heterocycles. The molecule has 0 unspecified atom stereocenters. The fourth-order valence-corrected chi connectivity index (χ4v) is 2.15. The van der Waals surface area contributed by atoms with Gasteiger partial charge in [0.25, 0.3) is 0 Å². The zero-order valence-corrected chi connectivity index (χ0v) is 12.7. The Hall–Kier alpha value is -1.35. The Morgan fingerprint density at radius 3 is 2.26 bits per heavy atom. The topological polar surface area (TPSA) is 26.0 Å². The Kier molecular flexibility index (Phi) is 4.41. The van der Waals surface area contributed by atoms with E-state index < -0.39 is 21.4 Å². The maximum Gasteiger partial charge on any atom is 0.482 e. The van der Waals surface area contributed by atoms with E-state index in [-0.39, 0.29) is 5.56 Å². The number of nitrogen functional groups attached to an aromatic ring is 1. The van der Waals surface area contributed by atoms with E-state index in [0.29, 0.717) is 16.8 Å². The molecule has 1 aromatic carbocycles. The summed E-state index contributed by atoms with van der Waals surface area (Å²) < 4.78 is 37.7. The quantitative estimate of drug-likeness (QED) is 0.500. The molecular formula is C13H18BF3NSi-. The third-order valence-electron chi connectivity index (χ3n) is 2.56. The van der Waals surface area contributed by atoms with Crippen LogP contribution in [0.4, 0.5) is 18.6 Å². The smallest absolute Gasteiger partial charge is 0.449 e. The van der Waals surface area contributed by atoms with Crippen molar-refractivity contribution >= 4 is 20.7 Å². The minimum Gasteiger partial charge on any atom is -0.449 e. The molecule has 0 fully saturated rings. The van der Waals surface area contributed by atoms with Crippen LogP contribution in [0.25, 0.3) is 0 Å². The summed E-state index contributed by atoms with van der Waals surface area (Å²) in [6.45, 7) is 3.06. The highest BCUT2D eigenvalue weighted by Crippen LogP contribution is 2.24. The summed E-state index contributed by atoms with van der Waals surface area (Å²) in [5, 5.41) is 0. The largest absolute Gasteiger partial charge is 0.482 e. The van der Waals surface area contributed by atoms with Gasteiger partial charge in [0.15, 0.2) is 0 Å². The zero-order chi connectivity index (χ0) is 14.8. The molecular weight excluding hydrogens is 266 g/mol. The van der Waals surface area contributed by atoms with Crippen LogP contribution in [0.5, 0.6) is 0 Å². The molecule has 104 valence electrons. The standard InChI is InChI=1S/C13H18BF3NSi/c1-10-11(5-6-19(2,3)4)7-13(18)8-12(10)9-14(15,16)17/h7-8H,9,18H2,1-4H3/q-1. The average Bonchev–Trinajstić information content (AvgIpc) is 2.17. The summed E-state index contributed by atoms with van der Waals surface area (Å²) in [5.41, 5.74) is 10.6. The van der Waals surface area contributed by atoms with Crippen molar-refractivity contribution in [2.75, 3.05) is 5.73 Å². The second-order valence-electron chi connectivity index (χ2n) is 5.77. The Labute approximate surface area is 113 Å². The highest BCUT2D eigenvalue weighted by Gasteiger charge is 2.24. The predicted octanol–water partition coefficient (Wildman–Crippen LogP) is 3.74. The molecule has 0 saturated heterocycles. The average molecular weight is 284 g/mol. The van der Waals surface area contributed by atoms with Crippen molar-refractivity contribution in [1.29, 1.82) is 0 Å². The number of rotatable bonds is 2. The maximum atomic E-state index is 12.6.